The maximum Gasteiger partial charge on any atom is 0.417 e. The number of unbranched alkanes of at least 4 members (excludes halogenated alkanes) is 1. The van der Waals surface area contributed by atoms with E-state index in [-0.39, 0.29) is 11.5 Å². The van der Waals surface area contributed by atoms with Crippen molar-refractivity contribution in [1.82, 2.24) is 14.5 Å². The number of hydrogen-bond acceptors (Lipinski definition) is 5. The third kappa shape index (κ3) is 8.77. The number of rotatable bonds is 16. The molecule has 244 valence electrons. The summed E-state index contributed by atoms with van der Waals surface area (Å²) in [4.78, 5) is 7.38. The molecule has 1 aromatic heterocycles. The SMILES string of the molecule is CCCCn1c(-c2ccc(Cl)cc2Oc2ccc(Cl)c(C(F)(F)F)c2)nc2c(OCCC)cc(OCCCN(CC)CC)cc21. The predicted octanol–water partition coefficient (Wildman–Crippen LogP) is 10.5. The van der Waals surface area contributed by atoms with Gasteiger partial charge in [-0.15, -0.1) is 0 Å². The van der Waals surface area contributed by atoms with Crippen molar-refractivity contribution in [1.29, 1.82) is 0 Å². The van der Waals surface area contributed by atoms with Crippen molar-refractivity contribution in [3.63, 3.8) is 0 Å². The molecule has 0 saturated carbocycles. The van der Waals surface area contributed by atoms with Crippen molar-refractivity contribution >= 4 is 34.2 Å². The minimum atomic E-state index is -4.64. The van der Waals surface area contributed by atoms with Crippen LogP contribution >= 0.6 is 23.2 Å². The Morgan fingerprint density at radius 2 is 1.60 bits per heavy atom. The molecule has 0 saturated heterocycles. The van der Waals surface area contributed by atoms with Crippen LogP contribution in [0.1, 0.15) is 58.9 Å². The molecule has 0 fully saturated rings. The summed E-state index contributed by atoms with van der Waals surface area (Å²) in [6.45, 7) is 13.1. The van der Waals surface area contributed by atoms with E-state index in [1.165, 1.54) is 12.1 Å². The minimum Gasteiger partial charge on any atom is -0.493 e. The fourth-order valence-corrected chi connectivity index (χ4v) is 5.40. The second kappa shape index (κ2) is 15.9. The van der Waals surface area contributed by atoms with E-state index < -0.39 is 16.8 Å². The monoisotopic (exact) mass is 665 g/mol. The normalized spacial score (nSPS) is 11.9. The molecule has 0 aliphatic heterocycles. The van der Waals surface area contributed by atoms with Crippen molar-refractivity contribution in [2.45, 2.75) is 66.1 Å². The molecule has 4 rings (SSSR count). The lowest BCUT2D eigenvalue weighted by atomic mass is 10.1. The molecule has 6 nitrogen and oxygen atoms in total. The second-order valence-electron chi connectivity index (χ2n) is 10.7. The molecule has 0 aliphatic rings. The first-order valence-electron chi connectivity index (χ1n) is 15.5. The summed E-state index contributed by atoms with van der Waals surface area (Å²) in [5.74, 6) is 2.10. The fraction of sp³-hybridized carbons (Fsp3) is 0.441. The third-order valence-corrected chi connectivity index (χ3v) is 7.99. The molecule has 0 amide bonds. The Bertz CT molecular complexity index is 1570. The molecule has 0 spiro atoms. The fourth-order valence-electron chi connectivity index (χ4n) is 5.02. The van der Waals surface area contributed by atoms with Gasteiger partial charge in [-0.25, -0.2) is 4.98 Å². The van der Waals surface area contributed by atoms with Crippen molar-refractivity contribution in [3.05, 3.63) is 64.1 Å². The van der Waals surface area contributed by atoms with Crippen molar-refractivity contribution in [3.8, 4) is 34.4 Å². The van der Waals surface area contributed by atoms with Crippen LogP contribution in [0, 0.1) is 0 Å². The number of nitrogens with zero attached hydrogens (tertiary/aromatic N) is 3. The van der Waals surface area contributed by atoms with Crippen LogP contribution in [0.5, 0.6) is 23.0 Å². The number of alkyl halides is 3. The van der Waals surface area contributed by atoms with E-state index in [1.54, 1.807) is 18.2 Å². The lowest BCUT2D eigenvalue weighted by Crippen LogP contribution is -2.25. The molecule has 3 aromatic carbocycles. The topological polar surface area (TPSA) is 48.8 Å². The van der Waals surface area contributed by atoms with Gasteiger partial charge in [-0.3, -0.25) is 0 Å². The Kier molecular flexibility index (Phi) is 12.3. The van der Waals surface area contributed by atoms with Crippen LogP contribution in [0.15, 0.2) is 48.5 Å². The summed E-state index contributed by atoms with van der Waals surface area (Å²) in [5.41, 5.74) is 1.08. The van der Waals surface area contributed by atoms with Gasteiger partial charge in [-0.1, -0.05) is 57.3 Å². The Hall–Kier alpha value is -3.14. The number of imidazole rings is 1. The van der Waals surface area contributed by atoms with Gasteiger partial charge >= 0.3 is 6.18 Å². The molecular weight excluding hydrogens is 626 g/mol. The largest absolute Gasteiger partial charge is 0.493 e. The second-order valence-corrected chi connectivity index (χ2v) is 11.5. The third-order valence-electron chi connectivity index (χ3n) is 7.43. The number of aromatic nitrogens is 2. The maximum absolute atomic E-state index is 13.6. The molecule has 0 N–H and O–H groups in total. The Balaban J connectivity index is 1.79. The van der Waals surface area contributed by atoms with E-state index in [1.807, 2.05) is 19.1 Å². The van der Waals surface area contributed by atoms with Crippen molar-refractivity contribution in [2.75, 3.05) is 32.8 Å². The molecule has 1 heterocycles. The van der Waals surface area contributed by atoms with Crippen LogP contribution in [0.2, 0.25) is 10.0 Å². The standard InChI is InChI=1S/C34H40Cl2F3N3O3/c1-5-9-16-42-29-21-25(43-18-10-15-41(7-3)8-4)22-31(44-17-6-2)32(29)40-33(42)26-13-11-23(35)19-30(26)45-24-12-14-28(36)27(20-24)34(37,38)39/h11-14,19-22H,5-10,15-18H2,1-4H3. The first-order valence-corrected chi connectivity index (χ1v) is 16.2. The van der Waals surface area contributed by atoms with E-state index in [0.717, 1.165) is 56.9 Å². The van der Waals surface area contributed by atoms with E-state index >= 15 is 0 Å². The summed E-state index contributed by atoms with van der Waals surface area (Å²) in [7, 11) is 0. The Morgan fingerprint density at radius 3 is 2.29 bits per heavy atom. The zero-order valence-corrected chi connectivity index (χ0v) is 27.7. The zero-order chi connectivity index (χ0) is 32.6. The van der Waals surface area contributed by atoms with E-state index in [4.69, 9.17) is 42.4 Å². The number of hydrogen-bond donors (Lipinski definition) is 0. The van der Waals surface area contributed by atoms with Gasteiger partial charge in [0.25, 0.3) is 0 Å². The molecule has 0 bridgehead atoms. The van der Waals surface area contributed by atoms with Crippen molar-refractivity contribution < 1.29 is 27.4 Å². The number of ether oxygens (including phenoxy) is 3. The van der Waals surface area contributed by atoms with Crippen LogP contribution in [-0.4, -0.2) is 47.3 Å². The highest BCUT2D eigenvalue weighted by Crippen LogP contribution is 2.42. The highest BCUT2D eigenvalue weighted by molar-refractivity contribution is 6.31. The molecule has 0 aliphatic carbocycles. The lowest BCUT2D eigenvalue weighted by Gasteiger charge is -2.18. The van der Waals surface area contributed by atoms with Crippen LogP contribution in [-0.2, 0) is 12.7 Å². The Labute approximate surface area is 273 Å². The van der Waals surface area contributed by atoms with Crippen LogP contribution in [0.25, 0.3) is 22.4 Å². The first-order chi connectivity index (χ1) is 21.6. The van der Waals surface area contributed by atoms with E-state index in [2.05, 4.69) is 30.2 Å². The van der Waals surface area contributed by atoms with Gasteiger partial charge in [-0.2, -0.15) is 13.2 Å². The molecule has 4 aromatic rings. The summed E-state index contributed by atoms with van der Waals surface area (Å²) >= 11 is 12.2. The van der Waals surface area contributed by atoms with Gasteiger partial charge in [0.15, 0.2) is 5.75 Å². The lowest BCUT2D eigenvalue weighted by molar-refractivity contribution is -0.137. The molecule has 0 atom stereocenters. The highest BCUT2D eigenvalue weighted by Gasteiger charge is 2.34. The molecule has 11 heteroatoms. The highest BCUT2D eigenvalue weighted by atomic mass is 35.5. The van der Waals surface area contributed by atoms with Crippen molar-refractivity contribution in [2.24, 2.45) is 0 Å². The molecule has 45 heavy (non-hydrogen) atoms. The average Bonchev–Trinajstić information content (AvgIpc) is 3.37. The number of benzene rings is 3. The number of halogens is 5. The quantitative estimate of drug-likeness (QED) is 0.111. The molecular formula is C34H40Cl2F3N3O3. The number of fused-ring (bicyclic) bond motifs is 1. The van der Waals surface area contributed by atoms with Gasteiger partial charge < -0.3 is 23.7 Å². The number of aryl methyl sites for hydroxylation is 1. The smallest absolute Gasteiger partial charge is 0.417 e. The average molecular weight is 667 g/mol. The van der Waals surface area contributed by atoms with Crippen LogP contribution in [0.4, 0.5) is 13.2 Å². The van der Waals surface area contributed by atoms with Crippen LogP contribution in [0.3, 0.4) is 0 Å². The van der Waals surface area contributed by atoms with E-state index in [0.29, 0.717) is 53.2 Å². The zero-order valence-electron chi connectivity index (χ0n) is 26.1. The molecule has 0 radical (unpaired) electrons. The predicted molar refractivity (Wildman–Crippen MR) is 175 cm³/mol. The van der Waals surface area contributed by atoms with Crippen LogP contribution < -0.4 is 14.2 Å². The summed E-state index contributed by atoms with van der Waals surface area (Å²) < 4.78 is 61.3. The van der Waals surface area contributed by atoms with Gasteiger partial charge in [0, 0.05) is 36.3 Å². The minimum absolute atomic E-state index is 0.0289. The first kappa shape index (κ1) is 34.7. The molecule has 0 unspecified atom stereocenters. The maximum atomic E-state index is 13.6. The van der Waals surface area contributed by atoms with Gasteiger partial charge in [0.05, 0.1) is 34.9 Å². The summed E-state index contributed by atoms with van der Waals surface area (Å²) in [6.07, 6.45) is -1.13. The van der Waals surface area contributed by atoms with Gasteiger partial charge in [0.2, 0.25) is 0 Å². The summed E-state index contributed by atoms with van der Waals surface area (Å²) in [5, 5.41) is -0.0458. The summed E-state index contributed by atoms with van der Waals surface area (Å²) in [6, 6.07) is 12.3. The Morgan fingerprint density at radius 1 is 0.822 bits per heavy atom. The van der Waals surface area contributed by atoms with Gasteiger partial charge in [-0.05, 0) is 62.7 Å². The van der Waals surface area contributed by atoms with E-state index in [9.17, 15) is 13.2 Å². The van der Waals surface area contributed by atoms with Gasteiger partial charge in [0.1, 0.15) is 28.6 Å².